The third kappa shape index (κ3) is 3.95. The number of sulfone groups is 1. The highest BCUT2D eigenvalue weighted by Crippen LogP contribution is 2.21. The first kappa shape index (κ1) is 17.0. The zero-order valence-corrected chi connectivity index (χ0v) is 14.3. The molecule has 0 spiro atoms. The van der Waals surface area contributed by atoms with E-state index in [1.165, 1.54) is 0 Å². The monoisotopic (exact) mass is 350 g/mol. The molecule has 0 radical (unpaired) electrons. The molecule has 1 unspecified atom stereocenters. The molecule has 24 heavy (non-hydrogen) atoms. The van der Waals surface area contributed by atoms with Crippen molar-refractivity contribution in [1.82, 2.24) is 5.32 Å². The van der Waals surface area contributed by atoms with Crippen molar-refractivity contribution >= 4 is 27.3 Å². The number of nitrogens with one attached hydrogen (secondary N) is 1. The Labute approximate surface area is 142 Å². The van der Waals surface area contributed by atoms with Gasteiger partial charge in [0.1, 0.15) is 0 Å². The minimum atomic E-state index is -2.92. The summed E-state index contributed by atoms with van der Waals surface area (Å²) in [6.45, 7) is 1.10. The summed E-state index contributed by atoms with van der Waals surface area (Å²) in [5.41, 5.74) is 1.34. The Morgan fingerprint density at radius 1 is 1.21 bits per heavy atom. The number of carbonyl (C=O) groups is 2. The number of hydrogen-bond donors (Lipinski definition) is 1. The fraction of sp³-hybridized carbons (Fsp3) is 0.529. The van der Waals surface area contributed by atoms with Gasteiger partial charge in [0.25, 0.3) is 5.91 Å². The lowest BCUT2D eigenvalue weighted by Crippen LogP contribution is -2.35. The second-order valence-corrected chi connectivity index (χ2v) is 8.76. The van der Waals surface area contributed by atoms with Crippen molar-refractivity contribution in [3.05, 3.63) is 29.8 Å². The Kier molecular flexibility index (Phi) is 4.89. The van der Waals surface area contributed by atoms with Gasteiger partial charge in [-0.15, -0.1) is 0 Å². The maximum absolute atomic E-state index is 12.2. The van der Waals surface area contributed by atoms with Crippen molar-refractivity contribution in [2.24, 2.45) is 5.92 Å². The summed E-state index contributed by atoms with van der Waals surface area (Å²) < 4.78 is 22.9. The molecular weight excluding hydrogens is 328 g/mol. The second kappa shape index (κ2) is 6.93. The summed E-state index contributed by atoms with van der Waals surface area (Å²) in [5, 5.41) is 2.80. The van der Waals surface area contributed by atoms with Crippen molar-refractivity contribution in [2.45, 2.75) is 25.7 Å². The summed E-state index contributed by atoms with van der Waals surface area (Å²) in [6, 6.07) is 6.99. The first-order chi connectivity index (χ1) is 11.4. The standard InChI is InChI=1S/C17H22N2O4S/c20-16-3-1-2-9-19(16)15-6-4-14(5-7-15)17(21)18-11-13-8-10-24(22,23)12-13/h4-7,13H,1-3,8-12H2,(H,18,21). The van der Waals surface area contributed by atoms with Gasteiger partial charge in [-0.2, -0.15) is 0 Å². The van der Waals surface area contributed by atoms with Gasteiger partial charge in [-0.3, -0.25) is 9.59 Å². The first-order valence-electron chi connectivity index (χ1n) is 8.34. The molecule has 2 fully saturated rings. The maximum Gasteiger partial charge on any atom is 0.251 e. The Morgan fingerprint density at radius 3 is 2.58 bits per heavy atom. The molecule has 2 heterocycles. The molecule has 6 nitrogen and oxygen atoms in total. The minimum Gasteiger partial charge on any atom is -0.352 e. The molecule has 130 valence electrons. The molecule has 1 atom stereocenters. The number of rotatable bonds is 4. The molecule has 1 aromatic carbocycles. The highest BCUT2D eigenvalue weighted by atomic mass is 32.2. The van der Waals surface area contributed by atoms with Crippen molar-refractivity contribution in [3.8, 4) is 0 Å². The van der Waals surface area contributed by atoms with Gasteiger partial charge in [-0.25, -0.2) is 8.42 Å². The average molecular weight is 350 g/mol. The number of nitrogens with zero attached hydrogens (tertiary/aromatic N) is 1. The zero-order valence-electron chi connectivity index (χ0n) is 13.5. The van der Waals surface area contributed by atoms with Crippen LogP contribution in [-0.2, 0) is 14.6 Å². The van der Waals surface area contributed by atoms with Crippen molar-refractivity contribution in [3.63, 3.8) is 0 Å². The predicted octanol–water partition coefficient (Wildman–Crippen LogP) is 1.37. The molecule has 2 aliphatic heterocycles. The van der Waals surface area contributed by atoms with Crippen LogP contribution in [0.5, 0.6) is 0 Å². The zero-order chi connectivity index (χ0) is 17.2. The number of benzene rings is 1. The van der Waals surface area contributed by atoms with E-state index in [0.29, 0.717) is 24.9 Å². The van der Waals surface area contributed by atoms with E-state index in [2.05, 4.69) is 5.32 Å². The van der Waals surface area contributed by atoms with E-state index >= 15 is 0 Å². The molecule has 0 saturated carbocycles. The third-order valence-electron chi connectivity index (χ3n) is 4.64. The summed E-state index contributed by atoms with van der Waals surface area (Å²) in [4.78, 5) is 25.8. The average Bonchev–Trinajstić information content (AvgIpc) is 2.92. The van der Waals surface area contributed by atoms with Crippen LogP contribution in [0.4, 0.5) is 5.69 Å². The van der Waals surface area contributed by atoms with E-state index in [4.69, 9.17) is 0 Å². The normalized spacial score (nSPS) is 23.2. The maximum atomic E-state index is 12.2. The van der Waals surface area contributed by atoms with Gasteiger partial charge in [0, 0.05) is 30.8 Å². The molecule has 7 heteroatoms. The summed E-state index contributed by atoms with van der Waals surface area (Å²) in [5.74, 6) is 0.288. The molecule has 0 aromatic heterocycles. The molecule has 3 rings (SSSR count). The lowest BCUT2D eigenvalue weighted by atomic mass is 10.1. The summed E-state index contributed by atoms with van der Waals surface area (Å²) in [7, 11) is -2.92. The van der Waals surface area contributed by atoms with E-state index < -0.39 is 9.84 Å². The van der Waals surface area contributed by atoms with Gasteiger partial charge < -0.3 is 10.2 Å². The number of carbonyl (C=O) groups excluding carboxylic acids is 2. The van der Waals surface area contributed by atoms with Crippen LogP contribution in [0.25, 0.3) is 0 Å². The largest absolute Gasteiger partial charge is 0.352 e. The molecule has 0 bridgehead atoms. The predicted molar refractivity (Wildman–Crippen MR) is 91.7 cm³/mol. The minimum absolute atomic E-state index is 0.00388. The molecule has 0 aliphatic carbocycles. The van der Waals surface area contributed by atoms with Gasteiger partial charge in [0.2, 0.25) is 5.91 Å². The van der Waals surface area contributed by atoms with Crippen molar-refractivity contribution < 1.29 is 18.0 Å². The lowest BCUT2D eigenvalue weighted by Gasteiger charge is -2.26. The van der Waals surface area contributed by atoms with Gasteiger partial charge in [-0.05, 0) is 49.4 Å². The Morgan fingerprint density at radius 2 is 1.96 bits per heavy atom. The Hall–Kier alpha value is -1.89. The number of anilines is 1. The topological polar surface area (TPSA) is 83.6 Å². The van der Waals surface area contributed by atoms with Crippen LogP contribution in [0.2, 0.25) is 0 Å². The van der Waals surface area contributed by atoms with E-state index in [1.54, 1.807) is 29.2 Å². The fourth-order valence-electron chi connectivity index (χ4n) is 3.24. The lowest BCUT2D eigenvalue weighted by molar-refractivity contribution is -0.119. The molecule has 2 aliphatic rings. The summed E-state index contributed by atoms with van der Waals surface area (Å²) in [6.07, 6.45) is 3.12. The van der Waals surface area contributed by atoms with Crippen LogP contribution >= 0.6 is 0 Å². The van der Waals surface area contributed by atoms with E-state index in [1.807, 2.05) is 0 Å². The highest BCUT2D eigenvalue weighted by Gasteiger charge is 2.28. The van der Waals surface area contributed by atoms with Crippen LogP contribution in [0.1, 0.15) is 36.0 Å². The van der Waals surface area contributed by atoms with E-state index in [9.17, 15) is 18.0 Å². The van der Waals surface area contributed by atoms with Crippen LogP contribution in [-0.4, -0.2) is 44.8 Å². The molecule has 1 aromatic rings. The Balaban J connectivity index is 1.57. The smallest absolute Gasteiger partial charge is 0.251 e. The van der Waals surface area contributed by atoms with Crippen molar-refractivity contribution in [1.29, 1.82) is 0 Å². The number of piperidine rings is 1. The molecule has 1 N–H and O–H groups in total. The second-order valence-electron chi connectivity index (χ2n) is 6.53. The molecule has 2 amide bonds. The van der Waals surface area contributed by atoms with Gasteiger partial charge >= 0.3 is 0 Å². The van der Waals surface area contributed by atoms with Crippen LogP contribution < -0.4 is 10.2 Å². The summed E-state index contributed by atoms with van der Waals surface area (Å²) >= 11 is 0. The molecular formula is C17H22N2O4S. The van der Waals surface area contributed by atoms with E-state index in [-0.39, 0.29) is 29.2 Å². The third-order valence-corrected chi connectivity index (χ3v) is 6.48. The fourth-order valence-corrected chi connectivity index (χ4v) is 5.11. The number of hydrogen-bond acceptors (Lipinski definition) is 4. The van der Waals surface area contributed by atoms with Crippen LogP contribution in [0.3, 0.4) is 0 Å². The Bertz CT molecular complexity index is 727. The van der Waals surface area contributed by atoms with Crippen molar-refractivity contribution in [2.75, 3.05) is 29.5 Å². The SMILES string of the molecule is O=C(NCC1CCS(=O)(=O)C1)c1ccc(N2CCCCC2=O)cc1. The number of amides is 2. The van der Waals surface area contributed by atoms with Crippen LogP contribution in [0.15, 0.2) is 24.3 Å². The highest BCUT2D eigenvalue weighted by molar-refractivity contribution is 7.91. The molecule has 2 saturated heterocycles. The first-order valence-corrected chi connectivity index (χ1v) is 10.2. The van der Waals surface area contributed by atoms with Crippen LogP contribution in [0, 0.1) is 5.92 Å². The van der Waals surface area contributed by atoms with Gasteiger partial charge in [0.05, 0.1) is 11.5 Å². The van der Waals surface area contributed by atoms with E-state index in [0.717, 1.165) is 25.1 Å². The van der Waals surface area contributed by atoms with Gasteiger partial charge in [0.15, 0.2) is 9.84 Å². The van der Waals surface area contributed by atoms with Gasteiger partial charge in [-0.1, -0.05) is 0 Å². The quantitative estimate of drug-likeness (QED) is 0.889.